The summed E-state index contributed by atoms with van der Waals surface area (Å²) >= 11 is 0. The third-order valence-corrected chi connectivity index (χ3v) is 11.0. The molecule has 0 radical (unpaired) electrons. The summed E-state index contributed by atoms with van der Waals surface area (Å²) in [6, 6.07) is -0.905. The Bertz CT molecular complexity index is 995. The first-order valence-corrected chi connectivity index (χ1v) is 24.3. The quantitative estimate of drug-likeness (QED) is 0.0276. The van der Waals surface area contributed by atoms with E-state index in [2.05, 4.69) is 43.5 Å². The molecule has 3 atom stereocenters. The summed E-state index contributed by atoms with van der Waals surface area (Å²) in [4.78, 5) is 25.3. The van der Waals surface area contributed by atoms with Crippen LogP contribution < -0.4 is 10.2 Å². The van der Waals surface area contributed by atoms with E-state index in [0.717, 1.165) is 44.9 Å². The average Bonchev–Trinajstić information content (AvgIpc) is 3.13. The fraction of sp³-hybridized carbons (Fsp3) is 0.848. The topological polar surface area (TPSA) is 108 Å². The van der Waals surface area contributed by atoms with Crippen LogP contribution in [0.15, 0.2) is 36.5 Å². The summed E-state index contributed by atoms with van der Waals surface area (Å²) in [6.07, 6.45) is 46.2. The molecule has 0 aromatic heterocycles. The molecule has 0 bridgehead atoms. The number of nitrogens with zero attached hydrogens (tertiary/aromatic N) is 1. The minimum Gasteiger partial charge on any atom is -0.756 e. The number of phosphoric acid groups is 1. The Hall–Kier alpha value is -1.28. The second-order valence-electron chi connectivity index (χ2n) is 16.7. The summed E-state index contributed by atoms with van der Waals surface area (Å²) in [5, 5.41) is 13.8. The Morgan fingerprint density at radius 2 is 1.02 bits per heavy atom. The van der Waals surface area contributed by atoms with Crippen molar-refractivity contribution in [1.29, 1.82) is 0 Å². The standard InChI is InChI=1S/C46H89N2O6P/c1-6-8-10-12-14-16-18-20-22-23-24-26-27-29-31-33-35-37-39-45(49)44(43-54-55(51,52)53-42-41-48(3,4)5)47-46(50)40-38-36-34-32-30-28-25-21-19-17-15-13-11-9-7-2/h23-24,29,31,37,39,44-45,49H,6-22,25-28,30,32-36,38,40-43H2,1-5H3,(H-,47,50,51,52)/b24-23+,31-29+,39-37+. The van der Waals surface area contributed by atoms with Crippen LogP contribution in [-0.2, 0) is 18.4 Å². The molecule has 0 aliphatic heterocycles. The molecule has 0 rings (SSSR count). The highest BCUT2D eigenvalue weighted by molar-refractivity contribution is 7.45. The third-order valence-electron chi connectivity index (χ3n) is 10.1. The fourth-order valence-electron chi connectivity index (χ4n) is 6.42. The molecule has 8 nitrogen and oxygen atoms in total. The molecule has 0 aromatic rings. The molecule has 3 unspecified atom stereocenters. The molecule has 0 saturated carbocycles. The van der Waals surface area contributed by atoms with Crippen molar-refractivity contribution in [2.45, 2.75) is 212 Å². The van der Waals surface area contributed by atoms with Gasteiger partial charge in [-0.15, -0.1) is 0 Å². The largest absolute Gasteiger partial charge is 0.756 e. The number of amides is 1. The van der Waals surface area contributed by atoms with Gasteiger partial charge in [0.15, 0.2) is 0 Å². The van der Waals surface area contributed by atoms with Crippen LogP contribution in [0.5, 0.6) is 0 Å². The Morgan fingerprint density at radius 1 is 0.618 bits per heavy atom. The van der Waals surface area contributed by atoms with E-state index in [1.807, 2.05) is 27.2 Å². The van der Waals surface area contributed by atoms with Gasteiger partial charge in [-0.2, -0.15) is 0 Å². The highest BCUT2D eigenvalue weighted by Crippen LogP contribution is 2.38. The van der Waals surface area contributed by atoms with E-state index >= 15 is 0 Å². The smallest absolute Gasteiger partial charge is 0.268 e. The van der Waals surface area contributed by atoms with Crippen molar-refractivity contribution in [3.63, 3.8) is 0 Å². The van der Waals surface area contributed by atoms with Crippen molar-refractivity contribution in [3.8, 4) is 0 Å². The Balaban J connectivity index is 4.48. The van der Waals surface area contributed by atoms with Crippen LogP contribution in [0.4, 0.5) is 0 Å². The molecule has 0 saturated heterocycles. The average molecular weight is 797 g/mol. The number of rotatable bonds is 41. The van der Waals surface area contributed by atoms with E-state index in [1.165, 1.54) is 135 Å². The Labute approximate surface area is 340 Å². The SMILES string of the molecule is CCCCCCCCCC/C=C/CC/C=C/CC/C=C/C(O)C(COP(=O)([O-])OCC[N+](C)(C)C)NC(=O)CCCCCCCCCCCCCCCCC. The Kier molecular flexibility index (Phi) is 37.4. The summed E-state index contributed by atoms with van der Waals surface area (Å²) in [7, 11) is 1.24. The molecule has 55 heavy (non-hydrogen) atoms. The van der Waals surface area contributed by atoms with Crippen LogP contribution in [0.25, 0.3) is 0 Å². The van der Waals surface area contributed by atoms with Crippen molar-refractivity contribution in [3.05, 3.63) is 36.5 Å². The Morgan fingerprint density at radius 3 is 1.47 bits per heavy atom. The zero-order valence-corrected chi connectivity index (χ0v) is 37.5. The normalized spacial score (nSPS) is 14.7. The lowest BCUT2D eigenvalue weighted by molar-refractivity contribution is -0.870. The number of hydrogen-bond acceptors (Lipinski definition) is 6. The molecular weight excluding hydrogens is 707 g/mol. The van der Waals surface area contributed by atoms with Crippen LogP contribution in [-0.4, -0.2) is 68.5 Å². The fourth-order valence-corrected chi connectivity index (χ4v) is 7.14. The van der Waals surface area contributed by atoms with Gasteiger partial charge in [-0.05, 0) is 44.9 Å². The molecular formula is C46H89N2O6P. The van der Waals surface area contributed by atoms with Gasteiger partial charge < -0.3 is 28.8 Å². The van der Waals surface area contributed by atoms with Crippen LogP contribution in [0.3, 0.4) is 0 Å². The van der Waals surface area contributed by atoms with Gasteiger partial charge >= 0.3 is 0 Å². The number of hydrogen-bond donors (Lipinski definition) is 2. The molecule has 0 heterocycles. The molecule has 324 valence electrons. The number of phosphoric ester groups is 1. The lowest BCUT2D eigenvalue weighted by Crippen LogP contribution is -2.45. The van der Waals surface area contributed by atoms with Gasteiger partial charge in [-0.3, -0.25) is 9.36 Å². The predicted molar refractivity (Wildman–Crippen MR) is 233 cm³/mol. The number of quaternary nitrogens is 1. The van der Waals surface area contributed by atoms with Crippen molar-refractivity contribution < 1.29 is 32.9 Å². The predicted octanol–water partition coefficient (Wildman–Crippen LogP) is 12.1. The summed E-state index contributed by atoms with van der Waals surface area (Å²) in [6.45, 7) is 4.61. The van der Waals surface area contributed by atoms with Gasteiger partial charge in [0.1, 0.15) is 13.2 Å². The molecule has 0 aliphatic carbocycles. The summed E-state index contributed by atoms with van der Waals surface area (Å²) < 4.78 is 23.2. The minimum absolute atomic E-state index is 0.00787. The maximum atomic E-state index is 12.8. The van der Waals surface area contributed by atoms with Gasteiger partial charge in [0.05, 0.1) is 39.9 Å². The van der Waals surface area contributed by atoms with E-state index in [4.69, 9.17) is 9.05 Å². The summed E-state index contributed by atoms with van der Waals surface area (Å²) in [5.74, 6) is -0.211. The van der Waals surface area contributed by atoms with Crippen molar-refractivity contribution in [2.75, 3.05) is 40.9 Å². The lowest BCUT2D eigenvalue weighted by Gasteiger charge is -2.29. The van der Waals surface area contributed by atoms with Gasteiger partial charge in [-0.25, -0.2) is 0 Å². The van der Waals surface area contributed by atoms with Crippen LogP contribution in [0, 0.1) is 0 Å². The van der Waals surface area contributed by atoms with Crippen LogP contribution in [0.1, 0.15) is 200 Å². The van der Waals surface area contributed by atoms with Gasteiger partial charge in [-0.1, -0.05) is 185 Å². The zero-order chi connectivity index (χ0) is 40.7. The molecule has 0 spiro atoms. The maximum absolute atomic E-state index is 12.8. The number of aliphatic hydroxyl groups is 1. The van der Waals surface area contributed by atoms with Gasteiger partial charge in [0, 0.05) is 6.42 Å². The number of nitrogens with one attached hydrogen (secondary N) is 1. The molecule has 0 fully saturated rings. The van der Waals surface area contributed by atoms with E-state index in [0.29, 0.717) is 17.4 Å². The highest BCUT2D eigenvalue weighted by atomic mass is 31.2. The van der Waals surface area contributed by atoms with Crippen molar-refractivity contribution in [1.82, 2.24) is 5.32 Å². The van der Waals surface area contributed by atoms with Gasteiger partial charge in [0.2, 0.25) is 5.91 Å². The molecule has 0 aromatic carbocycles. The van der Waals surface area contributed by atoms with Crippen molar-refractivity contribution in [2.24, 2.45) is 0 Å². The van der Waals surface area contributed by atoms with Crippen molar-refractivity contribution >= 4 is 13.7 Å². The maximum Gasteiger partial charge on any atom is 0.268 e. The zero-order valence-electron chi connectivity index (χ0n) is 36.6. The van der Waals surface area contributed by atoms with Gasteiger partial charge in [0.25, 0.3) is 7.82 Å². The highest BCUT2D eigenvalue weighted by Gasteiger charge is 2.23. The molecule has 2 N–H and O–H groups in total. The first kappa shape index (κ1) is 53.7. The van der Waals surface area contributed by atoms with Crippen LogP contribution in [0.2, 0.25) is 0 Å². The molecule has 9 heteroatoms. The van der Waals surface area contributed by atoms with E-state index in [1.54, 1.807) is 6.08 Å². The monoisotopic (exact) mass is 797 g/mol. The first-order valence-electron chi connectivity index (χ1n) is 22.9. The van der Waals surface area contributed by atoms with Crippen LogP contribution >= 0.6 is 7.82 Å². The number of carbonyl (C=O) groups is 1. The number of likely N-dealkylation sites (N-methyl/N-ethyl adjacent to an activating group) is 1. The number of unbranched alkanes of at least 4 members (excludes halogenated alkanes) is 24. The minimum atomic E-state index is -4.60. The second kappa shape index (κ2) is 38.2. The lowest BCUT2D eigenvalue weighted by atomic mass is 10.0. The second-order valence-corrected chi connectivity index (χ2v) is 18.2. The number of aliphatic hydroxyl groups excluding tert-OH is 1. The first-order chi connectivity index (χ1) is 26.5. The number of allylic oxidation sites excluding steroid dienone is 5. The van der Waals surface area contributed by atoms with E-state index in [9.17, 15) is 19.4 Å². The van der Waals surface area contributed by atoms with E-state index < -0.39 is 26.6 Å². The molecule has 0 aliphatic rings. The third kappa shape index (κ3) is 40.7. The summed E-state index contributed by atoms with van der Waals surface area (Å²) in [5.41, 5.74) is 0. The molecule has 1 amide bonds. The number of carbonyl (C=O) groups excluding carboxylic acids is 1. The van der Waals surface area contributed by atoms with E-state index in [-0.39, 0.29) is 12.5 Å².